The van der Waals surface area contributed by atoms with Crippen LogP contribution in [0.25, 0.3) is 0 Å². The molecule has 1 aromatic carbocycles. The number of hydrogen-bond donors (Lipinski definition) is 1. The molecule has 88 valence electrons. The number of rotatable bonds is 5. The van der Waals surface area contributed by atoms with Crippen molar-refractivity contribution in [3.8, 4) is 5.75 Å². The molecule has 0 aliphatic heterocycles. The van der Waals surface area contributed by atoms with E-state index in [4.69, 9.17) is 14.6 Å². The number of carboxylic acid groups (broad SMARTS) is 1. The molecule has 1 rings (SSSR count). The van der Waals surface area contributed by atoms with Crippen molar-refractivity contribution in [2.75, 3.05) is 13.7 Å². The molecule has 1 aromatic rings. The Morgan fingerprint density at radius 1 is 1.44 bits per heavy atom. The van der Waals surface area contributed by atoms with Crippen LogP contribution in [0.4, 0.5) is 0 Å². The summed E-state index contributed by atoms with van der Waals surface area (Å²) in [6, 6.07) is 5.60. The van der Waals surface area contributed by atoms with Gasteiger partial charge in [0, 0.05) is 7.11 Å². The van der Waals surface area contributed by atoms with Gasteiger partial charge in [-0.1, -0.05) is 17.7 Å². The van der Waals surface area contributed by atoms with Gasteiger partial charge < -0.3 is 14.6 Å². The van der Waals surface area contributed by atoms with E-state index in [0.717, 1.165) is 11.1 Å². The first kappa shape index (κ1) is 12.5. The summed E-state index contributed by atoms with van der Waals surface area (Å²) in [5.41, 5.74) is 2.03. The third kappa shape index (κ3) is 3.24. The van der Waals surface area contributed by atoms with Gasteiger partial charge in [0.1, 0.15) is 5.75 Å². The normalized spacial score (nSPS) is 12.2. The van der Waals surface area contributed by atoms with E-state index in [1.807, 2.05) is 26.0 Å². The maximum absolute atomic E-state index is 10.9. The van der Waals surface area contributed by atoms with Crippen LogP contribution in [0.15, 0.2) is 18.2 Å². The highest BCUT2D eigenvalue weighted by Crippen LogP contribution is 2.20. The zero-order valence-corrected chi connectivity index (χ0v) is 9.69. The Kier molecular flexibility index (Phi) is 4.31. The van der Waals surface area contributed by atoms with Crippen molar-refractivity contribution in [2.24, 2.45) is 0 Å². The molecule has 16 heavy (non-hydrogen) atoms. The second-order valence-corrected chi connectivity index (χ2v) is 3.67. The summed E-state index contributed by atoms with van der Waals surface area (Å²) in [6.07, 6.45) is -0.966. The number of ether oxygens (including phenoxy) is 2. The van der Waals surface area contributed by atoms with Crippen molar-refractivity contribution in [3.05, 3.63) is 29.3 Å². The number of benzene rings is 1. The molecule has 0 spiro atoms. The molecule has 0 aromatic heterocycles. The molecule has 0 aliphatic rings. The molecule has 0 heterocycles. The molecule has 0 aliphatic carbocycles. The minimum absolute atomic E-state index is 0.0304. The monoisotopic (exact) mass is 224 g/mol. The van der Waals surface area contributed by atoms with Gasteiger partial charge >= 0.3 is 5.97 Å². The van der Waals surface area contributed by atoms with Crippen LogP contribution in [0.3, 0.4) is 0 Å². The number of aryl methyl sites for hydroxylation is 2. The van der Waals surface area contributed by atoms with Crippen LogP contribution in [0, 0.1) is 13.8 Å². The second-order valence-electron chi connectivity index (χ2n) is 3.67. The summed E-state index contributed by atoms with van der Waals surface area (Å²) in [6.45, 7) is 3.89. The quantitative estimate of drug-likeness (QED) is 0.828. The Morgan fingerprint density at radius 2 is 2.12 bits per heavy atom. The molecule has 0 amide bonds. The van der Waals surface area contributed by atoms with E-state index in [-0.39, 0.29) is 6.61 Å². The van der Waals surface area contributed by atoms with Crippen LogP contribution in [0.1, 0.15) is 11.1 Å². The SMILES string of the molecule is COCC(Oc1ccc(C)cc1C)C(=O)O. The van der Waals surface area contributed by atoms with E-state index in [9.17, 15) is 4.79 Å². The van der Waals surface area contributed by atoms with Crippen LogP contribution < -0.4 is 4.74 Å². The minimum Gasteiger partial charge on any atom is -0.478 e. The van der Waals surface area contributed by atoms with Gasteiger partial charge in [0.25, 0.3) is 0 Å². The van der Waals surface area contributed by atoms with Gasteiger partial charge in [0.2, 0.25) is 6.10 Å². The highest BCUT2D eigenvalue weighted by Gasteiger charge is 2.19. The average molecular weight is 224 g/mol. The predicted molar refractivity (Wildman–Crippen MR) is 59.8 cm³/mol. The summed E-state index contributed by atoms with van der Waals surface area (Å²) in [5.74, 6) is -0.447. The van der Waals surface area contributed by atoms with E-state index >= 15 is 0 Å². The number of methoxy groups -OCH3 is 1. The Balaban J connectivity index is 2.81. The molecular formula is C12H16O4. The Labute approximate surface area is 94.8 Å². The van der Waals surface area contributed by atoms with Gasteiger partial charge in [0.15, 0.2) is 0 Å². The van der Waals surface area contributed by atoms with Crippen LogP contribution in [-0.4, -0.2) is 30.9 Å². The van der Waals surface area contributed by atoms with E-state index in [0.29, 0.717) is 5.75 Å². The van der Waals surface area contributed by atoms with E-state index in [2.05, 4.69) is 0 Å². The zero-order chi connectivity index (χ0) is 12.1. The average Bonchev–Trinajstić information content (AvgIpc) is 2.20. The molecule has 4 nitrogen and oxygen atoms in total. The summed E-state index contributed by atoms with van der Waals surface area (Å²) < 4.78 is 10.2. The fraction of sp³-hybridized carbons (Fsp3) is 0.417. The molecule has 0 saturated heterocycles. The van der Waals surface area contributed by atoms with Crippen molar-refractivity contribution in [3.63, 3.8) is 0 Å². The van der Waals surface area contributed by atoms with Gasteiger partial charge in [-0.05, 0) is 25.5 Å². The van der Waals surface area contributed by atoms with E-state index < -0.39 is 12.1 Å². The van der Waals surface area contributed by atoms with Crippen LogP contribution in [0.5, 0.6) is 5.75 Å². The topological polar surface area (TPSA) is 55.8 Å². The fourth-order valence-electron chi connectivity index (χ4n) is 1.39. The first-order valence-corrected chi connectivity index (χ1v) is 5.00. The minimum atomic E-state index is -1.03. The van der Waals surface area contributed by atoms with Gasteiger partial charge in [0.05, 0.1) is 6.61 Å². The third-order valence-electron chi connectivity index (χ3n) is 2.19. The molecule has 1 unspecified atom stereocenters. The second kappa shape index (κ2) is 5.51. The smallest absolute Gasteiger partial charge is 0.347 e. The van der Waals surface area contributed by atoms with Crippen molar-refractivity contribution in [1.82, 2.24) is 0 Å². The van der Waals surface area contributed by atoms with Crippen molar-refractivity contribution in [1.29, 1.82) is 0 Å². The summed E-state index contributed by atoms with van der Waals surface area (Å²) in [4.78, 5) is 10.9. The van der Waals surface area contributed by atoms with Crippen LogP contribution >= 0.6 is 0 Å². The Hall–Kier alpha value is -1.55. The standard InChI is InChI=1S/C12H16O4/c1-8-4-5-10(9(2)6-8)16-11(7-15-3)12(13)14/h4-6,11H,7H2,1-3H3,(H,13,14). The van der Waals surface area contributed by atoms with Crippen molar-refractivity contribution >= 4 is 5.97 Å². The molecule has 4 heteroatoms. The number of aliphatic carboxylic acids is 1. The molecule has 1 N–H and O–H groups in total. The zero-order valence-electron chi connectivity index (χ0n) is 9.69. The molecular weight excluding hydrogens is 208 g/mol. The highest BCUT2D eigenvalue weighted by atomic mass is 16.5. The molecule has 0 radical (unpaired) electrons. The first-order chi connectivity index (χ1) is 7.54. The first-order valence-electron chi connectivity index (χ1n) is 5.00. The summed E-state index contributed by atoms with van der Waals surface area (Å²) in [5, 5.41) is 8.91. The van der Waals surface area contributed by atoms with Gasteiger partial charge in [-0.15, -0.1) is 0 Å². The highest BCUT2D eigenvalue weighted by molar-refractivity contribution is 5.73. The van der Waals surface area contributed by atoms with Gasteiger partial charge in [-0.3, -0.25) is 0 Å². The van der Waals surface area contributed by atoms with Crippen molar-refractivity contribution < 1.29 is 19.4 Å². The lowest BCUT2D eigenvalue weighted by Gasteiger charge is -2.16. The molecule has 0 bridgehead atoms. The van der Waals surface area contributed by atoms with E-state index in [1.165, 1.54) is 7.11 Å². The summed E-state index contributed by atoms with van der Waals surface area (Å²) in [7, 11) is 1.45. The lowest BCUT2D eigenvalue weighted by Crippen LogP contribution is -2.31. The largest absolute Gasteiger partial charge is 0.478 e. The maximum atomic E-state index is 10.9. The van der Waals surface area contributed by atoms with Crippen LogP contribution in [-0.2, 0) is 9.53 Å². The predicted octanol–water partition coefficient (Wildman–Crippen LogP) is 1.78. The van der Waals surface area contributed by atoms with Crippen LogP contribution in [0.2, 0.25) is 0 Å². The van der Waals surface area contributed by atoms with E-state index in [1.54, 1.807) is 6.07 Å². The molecule has 0 fully saturated rings. The maximum Gasteiger partial charge on any atom is 0.347 e. The van der Waals surface area contributed by atoms with Gasteiger partial charge in [-0.25, -0.2) is 4.79 Å². The molecule has 1 atom stereocenters. The lowest BCUT2D eigenvalue weighted by molar-refractivity contribution is -0.147. The number of hydrogen-bond acceptors (Lipinski definition) is 3. The third-order valence-corrected chi connectivity index (χ3v) is 2.19. The lowest BCUT2D eigenvalue weighted by atomic mass is 10.1. The van der Waals surface area contributed by atoms with Crippen molar-refractivity contribution in [2.45, 2.75) is 20.0 Å². The molecule has 0 saturated carbocycles. The summed E-state index contributed by atoms with van der Waals surface area (Å²) >= 11 is 0. The fourth-order valence-corrected chi connectivity index (χ4v) is 1.39. The Morgan fingerprint density at radius 3 is 2.62 bits per heavy atom. The Bertz CT molecular complexity index is 373. The number of carbonyl (C=O) groups is 1. The number of carboxylic acids is 1. The van der Waals surface area contributed by atoms with Gasteiger partial charge in [-0.2, -0.15) is 0 Å².